The average molecular weight is 322 g/mol. The second-order valence-corrected chi connectivity index (χ2v) is 7.00. The molecule has 1 saturated heterocycles. The monoisotopic (exact) mass is 322 g/mol. The fraction of sp³-hybridized carbons (Fsp3) is 0.381. The molecule has 1 amide bonds. The predicted molar refractivity (Wildman–Crippen MR) is 99.2 cm³/mol. The topological polar surface area (TPSA) is 32.3 Å². The van der Waals surface area contributed by atoms with Crippen molar-refractivity contribution in [3.63, 3.8) is 0 Å². The van der Waals surface area contributed by atoms with E-state index < -0.39 is 5.41 Å². The highest BCUT2D eigenvalue weighted by Crippen LogP contribution is 2.26. The smallest absolute Gasteiger partial charge is 0.230 e. The molecule has 126 valence electrons. The van der Waals surface area contributed by atoms with Crippen molar-refractivity contribution < 1.29 is 4.79 Å². The Kier molecular flexibility index (Phi) is 4.89. The van der Waals surface area contributed by atoms with Gasteiger partial charge in [-0.15, -0.1) is 0 Å². The van der Waals surface area contributed by atoms with Crippen LogP contribution in [0.25, 0.3) is 0 Å². The SMILES string of the molecule is CC(C)(C(=O)NCc1ccccc1N1CCCC1)c1ccccc1. The number of carbonyl (C=O) groups excluding carboxylic acids is 1. The Morgan fingerprint density at radius 2 is 1.62 bits per heavy atom. The fourth-order valence-electron chi connectivity index (χ4n) is 3.31. The van der Waals surface area contributed by atoms with Crippen molar-refractivity contribution in [3.05, 3.63) is 65.7 Å². The van der Waals surface area contributed by atoms with Crippen LogP contribution < -0.4 is 10.2 Å². The van der Waals surface area contributed by atoms with Crippen molar-refractivity contribution in [3.8, 4) is 0 Å². The lowest BCUT2D eigenvalue weighted by molar-refractivity contribution is -0.125. The maximum Gasteiger partial charge on any atom is 0.230 e. The van der Waals surface area contributed by atoms with E-state index in [9.17, 15) is 4.79 Å². The van der Waals surface area contributed by atoms with Crippen LogP contribution in [-0.2, 0) is 16.8 Å². The predicted octanol–water partition coefficient (Wildman–Crippen LogP) is 3.88. The highest BCUT2D eigenvalue weighted by Gasteiger charge is 2.29. The molecular formula is C21H26N2O. The van der Waals surface area contributed by atoms with Crippen molar-refractivity contribution in [1.29, 1.82) is 0 Å². The molecule has 0 aliphatic carbocycles. The van der Waals surface area contributed by atoms with Crippen LogP contribution in [0, 0.1) is 0 Å². The molecule has 1 N–H and O–H groups in total. The summed E-state index contributed by atoms with van der Waals surface area (Å²) in [6, 6.07) is 18.4. The lowest BCUT2D eigenvalue weighted by Crippen LogP contribution is -2.39. The van der Waals surface area contributed by atoms with Crippen molar-refractivity contribution in [2.24, 2.45) is 0 Å². The number of anilines is 1. The molecular weight excluding hydrogens is 296 g/mol. The zero-order valence-electron chi connectivity index (χ0n) is 14.6. The Hall–Kier alpha value is -2.29. The molecule has 2 aromatic rings. The molecule has 24 heavy (non-hydrogen) atoms. The summed E-state index contributed by atoms with van der Waals surface area (Å²) in [6.07, 6.45) is 2.50. The van der Waals surface area contributed by atoms with Gasteiger partial charge < -0.3 is 10.2 Å². The first-order valence-corrected chi connectivity index (χ1v) is 8.76. The van der Waals surface area contributed by atoms with Gasteiger partial charge in [0.05, 0.1) is 5.41 Å². The summed E-state index contributed by atoms with van der Waals surface area (Å²) in [6.45, 7) is 6.75. The first-order valence-electron chi connectivity index (χ1n) is 8.76. The van der Waals surface area contributed by atoms with E-state index in [1.54, 1.807) is 0 Å². The number of hydrogen-bond donors (Lipinski definition) is 1. The van der Waals surface area contributed by atoms with Gasteiger partial charge in [0, 0.05) is 25.3 Å². The Morgan fingerprint density at radius 1 is 1.00 bits per heavy atom. The molecule has 3 heteroatoms. The Bertz CT molecular complexity index is 688. The molecule has 1 fully saturated rings. The summed E-state index contributed by atoms with van der Waals surface area (Å²) in [4.78, 5) is 15.2. The molecule has 0 atom stereocenters. The van der Waals surface area contributed by atoms with E-state index >= 15 is 0 Å². The van der Waals surface area contributed by atoms with Crippen LogP contribution in [0.15, 0.2) is 54.6 Å². The average Bonchev–Trinajstić information content (AvgIpc) is 3.15. The number of nitrogens with one attached hydrogen (secondary N) is 1. The summed E-state index contributed by atoms with van der Waals surface area (Å²) in [5.41, 5.74) is 2.95. The maximum atomic E-state index is 12.7. The summed E-state index contributed by atoms with van der Waals surface area (Å²) >= 11 is 0. The third-order valence-corrected chi connectivity index (χ3v) is 4.94. The van der Waals surface area contributed by atoms with E-state index in [-0.39, 0.29) is 5.91 Å². The Labute approximate surface area is 144 Å². The van der Waals surface area contributed by atoms with Gasteiger partial charge in [-0.2, -0.15) is 0 Å². The van der Waals surface area contributed by atoms with Crippen LogP contribution in [0.5, 0.6) is 0 Å². The van der Waals surface area contributed by atoms with Crippen LogP contribution in [0.3, 0.4) is 0 Å². The number of rotatable bonds is 5. The quantitative estimate of drug-likeness (QED) is 0.906. The molecule has 0 radical (unpaired) electrons. The van der Waals surface area contributed by atoms with Gasteiger partial charge in [-0.3, -0.25) is 4.79 Å². The van der Waals surface area contributed by atoms with E-state index in [0.717, 1.165) is 18.7 Å². The third-order valence-electron chi connectivity index (χ3n) is 4.94. The number of amides is 1. The first-order chi connectivity index (χ1) is 11.6. The zero-order valence-corrected chi connectivity index (χ0v) is 14.6. The van der Waals surface area contributed by atoms with E-state index in [1.165, 1.54) is 24.1 Å². The van der Waals surface area contributed by atoms with Gasteiger partial charge in [0.15, 0.2) is 0 Å². The summed E-state index contributed by atoms with van der Waals surface area (Å²) in [5, 5.41) is 3.14. The molecule has 1 aliphatic heterocycles. The van der Waals surface area contributed by atoms with Crippen LogP contribution in [0.1, 0.15) is 37.8 Å². The van der Waals surface area contributed by atoms with E-state index in [4.69, 9.17) is 0 Å². The maximum absolute atomic E-state index is 12.7. The second kappa shape index (κ2) is 7.08. The normalized spacial score (nSPS) is 14.7. The first kappa shape index (κ1) is 16.6. The molecule has 0 aromatic heterocycles. The highest BCUT2D eigenvalue weighted by molar-refractivity contribution is 5.87. The largest absolute Gasteiger partial charge is 0.371 e. The van der Waals surface area contributed by atoms with Crippen molar-refractivity contribution in [2.45, 2.75) is 38.6 Å². The molecule has 0 bridgehead atoms. The van der Waals surface area contributed by atoms with Crippen molar-refractivity contribution in [2.75, 3.05) is 18.0 Å². The minimum Gasteiger partial charge on any atom is -0.371 e. The van der Waals surface area contributed by atoms with Crippen LogP contribution in [0.4, 0.5) is 5.69 Å². The molecule has 0 spiro atoms. The van der Waals surface area contributed by atoms with Gasteiger partial charge in [-0.05, 0) is 43.9 Å². The third kappa shape index (κ3) is 3.45. The standard InChI is InChI=1S/C21H26N2O/c1-21(2,18-11-4-3-5-12-18)20(24)22-16-17-10-6-7-13-19(17)23-14-8-9-15-23/h3-7,10-13H,8-9,14-16H2,1-2H3,(H,22,24). The van der Waals surface area contributed by atoms with E-state index in [2.05, 4.69) is 28.4 Å². The zero-order chi connectivity index (χ0) is 17.0. The Balaban J connectivity index is 1.71. The minimum atomic E-state index is -0.538. The summed E-state index contributed by atoms with van der Waals surface area (Å²) in [7, 11) is 0. The van der Waals surface area contributed by atoms with Gasteiger partial charge in [0.25, 0.3) is 0 Å². The van der Waals surface area contributed by atoms with Gasteiger partial charge in [-0.25, -0.2) is 0 Å². The second-order valence-electron chi connectivity index (χ2n) is 7.00. The highest BCUT2D eigenvalue weighted by atomic mass is 16.2. The Morgan fingerprint density at radius 3 is 2.33 bits per heavy atom. The van der Waals surface area contributed by atoms with Gasteiger partial charge >= 0.3 is 0 Å². The molecule has 3 nitrogen and oxygen atoms in total. The minimum absolute atomic E-state index is 0.0601. The molecule has 1 heterocycles. The number of para-hydroxylation sites is 1. The van der Waals surface area contributed by atoms with Crippen LogP contribution in [0.2, 0.25) is 0 Å². The molecule has 3 rings (SSSR count). The lowest BCUT2D eigenvalue weighted by Gasteiger charge is -2.26. The number of benzene rings is 2. The molecule has 0 unspecified atom stereocenters. The van der Waals surface area contributed by atoms with Gasteiger partial charge in [0.2, 0.25) is 5.91 Å². The molecule has 1 aliphatic rings. The van der Waals surface area contributed by atoms with Crippen molar-refractivity contribution in [1.82, 2.24) is 5.32 Å². The number of hydrogen-bond acceptors (Lipinski definition) is 2. The lowest BCUT2D eigenvalue weighted by atomic mass is 9.83. The van der Waals surface area contributed by atoms with Gasteiger partial charge in [-0.1, -0.05) is 48.5 Å². The van der Waals surface area contributed by atoms with Crippen LogP contribution >= 0.6 is 0 Å². The van der Waals surface area contributed by atoms with Crippen LogP contribution in [-0.4, -0.2) is 19.0 Å². The number of nitrogens with zero attached hydrogens (tertiary/aromatic N) is 1. The fourth-order valence-corrected chi connectivity index (χ4v) is 3.31. The summed E-state index contributed by atoms with van der Waals surface area (Å²) in [5.74, 6) is 0.0601. The van der Waals surface area contributed by atoms with E-state index in [0.29, 0.717) is 6.54 Å². The van der Waals surface area contributed by atoms with Crippen molar-refractivity contribution >= 4 is 11.6 Å². The summed E-state index contributed by atoms with van der Waals surface area (Å²) < 4.78 is 0. The number of carbonyl (C=O) groups is 1. The molecule has 0 saturated carbocycles. The molecule has 2 aromatic carbocycles. The van der Waals surface area contributed by atoms with Gasteiger partial charge in [0.1, 0.15) is 0 Å². The van der Waals surface area contributed by atoms with E-state index in [1.807, 2.05) is 50.2 Å².